The fourth-order valence-electron chi connectivity index (χ4n) is 2.62. The number of nitrogens with one attached hydrogen (secondary N) is 2. The lowest BCUT2D eigenvalue weighted by molar-refractivity contribution is 0.414. The molecular weight excluding hydrogens is 448 g/mol. The van der Waals surface area contributed by atoms with Crippen LogP contribution in [0.4, 0.5) is 11.4 Å². The van der Waals surface area contributed by atoms with Gasteiger partial charge in [0.25, 0.3) is 20.0 Å². The van der Waals surface area contributed by atoms with E-state index in [4.69, 9.17) is 16.3 Å². The van der Waals surface area contributed by atoms with Gasteiger partial charge in [-0.2, -0.15) is 0 Å². The molecule has 0 aliphatic rings. The third-order valence-electron chi connectivity index (χ3n) is 4.24. The maximum Gasteiger partial charge on any atom is 0.261 e. The first-order valence-electron chi connectivity index (χ1n) is 8.67. The van der Waals surface area contributed by atoms with Gasteiger partial charge in [0.15, 0.2) is 0 Å². The molecule has 3 aromatic rings. The summed E-state index contributed by atoms with van der Waals surface area (Å²) < 4.78 is 60.3. The van der Waals surface area contributed by atoms with E-state index >= 15 is 0 Å². The number of sulfonamides is 2. The second-order valence-corrected chi connectivity index (χ2v) is 10.1. The van der Waals surface area contributed by atoms with Gasteiger partial charge in [-0.05, 0) is 61.0 Å². The highest BCUT2D eigenvalue weighted by molar-refractivity contribution is 7.93. The van der Waals surface area contributed by atoms with Crippen molar-refractivity contribution in [2.45, 2.75) is 16.7 Å². The zero-order valence-corrected chi connectivity index (χ0v) is 18.5. The fourth-order valence-corrected chi connectivity index (χ4v) is 5.16. The Labute approximate surface area is 180 Å². The van der Waals surface area contributed by atoms with Crippen LogP contribution in [-0.2, 0) is 20.0 Å². The Bertz CT molecular complexity index is 1270. The predicted molar refractivity (Wildman–Crippen MR) is 117 cm³/mol. The van der Waals surface area contributed by atoms with Crippen LogP contribution in [-0.4, -0.2) is 23.9 Å². The minimum Gasteiger partial charge on any atom is -0.495 e. The average molecular weight is 467 g/mol. The highest BCUT2D eigenvalue weighted by Gasteiger charge is 2.18. The van der Waals surface area contributed by atoms with Crippen LogP contribution in [0.3, 0.4) is 0 Å². The zero-order chi connectivity index (χ0) is 21.9. The topological polar surface area (TPSA) is 102 Å². The smallest absolute Gasteiger partial charge is 0.261 e. The van der Waals surface area contributed by atoms with E-state index in [1.165, 1.54) is 49.6 Å². The van der Waals surface area contributed by atoms with E-state index in [1.807, 2.05) is 6.07 Å². The number of methoxy groups -OCH3 is 1. The summed E-state index contributed by atoms with van der Waals surface area (Å²) in [5, 5.41) is 0.157. The number of benzene rings is 3. The van der Waals surface area contributed by atoms with Crippen molar-refractivity contribution in [2.75, 3.05) is 16.6 Å². The number of ether oxygens (including phenoxy) is 1. The Morgan fingerprint density at radius 1 is 0.800 bits per heavy atom. The van der Waals surface area contributed by atoms with Crippen LogP contribution < -0.4 is 14.2 Å². The molecule has 0 fully saturated rings. The van der Waals surface area contributed by atoms with E-state index < -0.39 is 20.0 Å². The molecule has 0 heterocycles. The molecule has 7 nitrogen and oxygen atoms in total. The normalized spacial score (nSPS) is 11.7. The maximum atomic E-state index is 12.6. The molecule has 0 aliphatic heterocycles. The third kappa shape index (κ3) is 4.86. The SMILES string of the molecule is COc1ccc(S(=O)(=O)Nc2ccc(S(=O)(=O)Nc3ccccc3C)cc2)cc1Cl. The van der Waals surface area contributed by atoms with Crippen molar-refractivity contribution in [3.63, 3.8) is 0 Å². The second kappa shape index (κ2) is 8.55. The molecule has 3 aromatic carbocycles. The summed E-state index contributed by atoms with van der Waals surface area (Å²) in [6, 6.07) is 16.5. The van der Waals surface area contributed by atoms with E-state index in [-0.39, 0.29) is 20.5 Å². The molecule has 0 unspecified atom stereocenters. The van der Waals surface area contributed by atoms with Crippen LogP contribution in [0.15, 0.2) is 76.5 Å². The highest BCUT2D eigenvalue weighted by Crippen LogP contribution is 2.28. The molecule has 2 N–H and O–H groups in total. The fraction of sp³-hybridized carbons (Fsp3) is 0.100. The lowest BCUT2D eigenvalue weighted by atomic mass is 10.2. The number of para-hydroxylation sites is 1. The van der Waals surface area contributed by atoms with Gasteiger partial charge in [-0.3, -0.25) is 9.44 Å². The minimum atomic E-state index is -3.92. The van der Waals surface area contributed by atoms with Crippen LogP contribution >= 0.6 is 11.6 Å². The quantitative estimate of drug-likeness (QED) is 0.541. The van der Waals surface area contributed by atoms with E-state index in [9.17, 15) is 16.8 Å². The Hall–Kier alpha value is -2.75. The molecule has 158 valence electrons. The summed E-state index contributed by atoms with van der Waals surface area (Å²) >= 11 is 6.00. The summed E-state index contributed by atoms with van der Waals surface area (Å²) in [6.07, 6.45) is 0. The summed E-state index contributed by atoms with van der Waals surface area (Å²) in [7, 11) is -6.31. The number of halogens is 1. The van der Waals surface area contributed by atoms with E-state index in [0.29, 0.717) is 11.4 Å². The van der Waals surface area contributed by atoms with Crippen molar-refractivity contribution in [3.8, 4) is 5.75 Å². The summed E-state index contributed by atoms with van der Waals surface area (Å²) in [5.41, 5.74) is 1.46. The molecule has 0 amide bonds. The van der Waals surface area contributed by atoms with Gasteiger partial charge in [-0.25, -0.2) is 16.8 Å². The first-order chi connectivity index (χ1) is 14.1. The molecule has 0 aliphatic carbocycles. The Balaban J connectivity index is 1.80. The summed E-state index contributed by atoms with van der Waals surface area (Å²) in [5.74, 6) is 0.353. The van der Waals surface area contributed by atoms with Gasteiger partial charge in [-0.1, -0.05) is 29.8 Å². The van der Waals surface area contributed by atoms with Crippen molar-refractivity contribution in [2.24, 2.45) is 0 Å². The molecule has 0 saturated carbocycles. The first-order valence-corrected chi connectivity index (χ1v) is 12.0. The molecule has 0 spiro atoms. The molecule has 3 rings (SSSR count). The zero-order valence-electron chi connectivity index (χ0n) is 16.1. The van der Waals surface area contributed by atoms with Crippen LogP contribution in [0.25, 0.3) is 0 Å². The number of anilines is 2. The Morgan fingerprint density at radius 2 is 1.40 bits per heavy atom. The van der Waals surface area contributed by atoms with Crippen molar-refractivity contribution in [3.05, 3.63) is 77.3 Å². The summed E-state index contributed by atoms with van der Waals surface area (Å²) in [4.78, 5) is -0.0487. The number of hydrogen-bond acceptors (Lipinski definition) is 5. The van der Waals surface area contributed by atoms with Gasteiger partial charge in [-0.15, -0.1) is 0 Å². The molecule has 30 heavy (non-hydrogen) atoms. The molecule has 10 heteroatoms. The number of aryl methyl sites for hydroxylation is 1. The highest BCUT2D eigenvalue weighted by atomic mass is 35.5. The van der Waals surface area contributed by atoms with Crippen LogP contribution in [0.1, 0.15) is 5.56 Å². The summed E-state index contributed by atoms with van der Waals surface area (Å²) in [6.45, 7) is 1.79. The van der Waals surface area contributed by atoms with Crippen molar-refractivity contribution >= 4 is 43.0 Å². The molecule has 0 radical (unpaired) electrons. The van der Waals surface area contributed by atoms with E-state index in [2.05, 4.69) is 9.44 Å². The molecule has 0 atom stereocenters. The average Bonchev–Trinajstić information content (AvgIpc) is 2.69. The Morgan fingerprint density at radius 3 is 2.00 bits per heavy atom. The predicted octanol–water partition coefficient (Wildman–Crippen LogP) is 4.26. The van der Waals surface area contributed by atoms with Gasteiger partial charge in [0.05, 0.1) is 27.6 Å². The van der Waals surface area contributed by atoms with Crippen LogP contribution in [0.5, 0.6) is 5.75 Å². The lowest BCUT2D eigenvalue weighted by Crippen LogP contribution is -2.15. The van der Waals surface area contributed by atoms with E-state index in [1.54, 1.807) is 25.1 Å². The van der Waals surface area contributed by atoms with Crippen molar-refractivity contribution in [1.82, 2.24) is 0 Å². The van der Waals surface area contributed by atoms with Crippen LogP contribution in [0, 0.1) is 6.92 Å². The number of hydrogen-bond donors (Lipinski definition) is 2. The molecule has 0 saturated heterocycles. The van der Waals surface area contributed by atoms with Gasteiger partial charge >= 0.3 is 0 Å². The van der Waals surface area contributed by atoms with Crippen LogP contribution in [0.2, 0.25) is 5.02 Å². The second-order valence-electron chi connectivity index (χ2n) is 6.35. The molecule has 0 bridgehead atoms. The maximum absolute atomic E-state index is 12.6. The van der Waals surface area contributed by atoms with Crippen molar-refractivity contribution in [1.29, 1.82) is 0 Å². The molecular formula is C20H19ClN2O5S2. The van der Waals surface area contributed by atoms with Gasteiger partial charge in [0.1, 0.15) is 5.75 Å². The lowest BCUT2D eigenvalue weighted by Gasteiger charge is -2.12. The first kappa shape index (κ1) is 21.9. The monoisotopic (exact) mass is 466 g/mol. The largest absolute Gasteiger partial charge is 0.495 e. The minimum absolute atomic E-state index is 0.00110. The standard InChI is InChI=1S/C20H19ClN2O5S2/c1-14-5-3-4-6-19(14)23-29(24,25)16-9-7-15(8-10-16)22-30(26,27)17-11-12-20(28-2)18(21)13-17/h3-13,22-23H,1-2H3. The Kier molecular flexibility index (Phi) is 6.25. The molecule has 0 aromatic heterocycles. The third-order valence-corrected chi connectivity index (χ3v) is 7.30. The van der Waals surface area contributed by atoms with Gasteiger partial charge in [0, 0.05) is 5.69 Å². The van der Waals surface area contributed by atoms with Gasteiger partial charge in [0.2, 0.25) is 0 Å². The van der Waals surface area contributed by atoms with Crippen molar-refractivity contribution < 1.29 is 21.6 Å². The number of rotatable bonds is 7. The van der Waals surface area contributed by atoms with E-state index in [0.717, 1.165) is 5.56 Å². The van der Waals surface area contributed by atoms with Gasteiger partial charge < -0.3 is 4.74 Å².